The van der Waals surface area contributed by atoms with Crippen molar-refractivity contribution in [2.45, 2.75) is 6.04 Å². The number of nitrogens with zero attached hydrogens (tertiary/aromatic N) is 1. The summed E-state index contributed by atoms with van der Waals surface area (Å²) in [5, 5.41) is 2.47. The largest absolute Gasteiger partial charge is 0.447 e. The van der Waals surface area contributed by atoms with Crippen LogP contribution in [0.1, 0.15) is 11.6 Å². The van der Waals surface area contributed by atoms with Gasteiger partial charge in [-0.1, -0.05) is 6.07 Å². The highest BCUT2D eigenvalue weighted by Crippen LogP contribution is 2.18. The van der Waals surface area contributed by atoms with Gasteiger partial charge >= 0.3 is 6.09 Å². The maximum absolute atomic E-state index is 13.1. The minimum atomic E-state index is -0.571. The van der Waals surface area contributed by atoms with Crippen LogP contribution in [0.5, 0.6) is 0 Å². The number of hydrogen-bond donors (Lipinski definition) is 1. The van der Waals surface area contributed by atoms with Crippen molar-refractivity contribution in [2.24, 2.45) is 0 Å². The number of amides is 1. The molecule has 1 aliphatic rings. The van der Waals surface area contributed by atoms with Crippen LogP contribution in [0.25, 0.3) is 0 Å². The van der Waals surface area contributed by atoms with Gasteiger partial charge in [0.15, 0.2) is 0 Å². The Morgan fingerprint density at radius 3 is 3.15 bits per heavy atom. The number of aromatic nitrogens is 1. The maximum Gasteiger partial charge on any atom is 0.407 e. The molecule has 0 saturated carbocycles. The van der Waals surface area contributed by atoms with Crippen LogP contribution in [0.3, 0.4) is 0 Å². The number of pyridine rings is 1. The van der Waals surface area contributed by atoms with Gasteiger partial charge in [0.2, 0.25) is 5.95 Å². The molecule has 0 radical (unpaired) electrons. The zero-order valence-electron chi connectivity index (χ0n) is 6.66. The number of hydrogen-bond acceptors (Lipinski definition) is 3. The van der Waals surface area contributed by atoms with Gasteiger partial charge in [-0.05, 0) is 6.07 Å². The normalized spacial score (nSPS) is 21.0. The van der Waals surface area contributed by atoms with Gasteiger partial charge in [-0.15, -0.1) is 0 Å². The van der Waals surface area contributed by atoms with Crippen LogP contribution in [0.15, 0.2) is 18.3 Å². The molecule has 0 aliphatic carbocycles. The van der Waals surface area contributed by atoms with Crippen molar-refractivity contribution in [2.75, 3.05) is 6.61 Å². The van der Waals surface area contributed by atoms with E-state index in [1.54, 1.807) is 12.1 Å². The molecule has 4 nitrogen and oxygen atoms in total. The van der Waals surface area contributed by atoms with Gasteiger partial charge in [0.05, 0.1) is 6.04 Å². The average molecular weight is 182 g/mol. The molecule has 1 N–H and O–H groups in total. The number of cyclic esters (lactones) is 1. The standard InChI is InChI=1S/C8H7FN2O2/c9-7-5(2-1-3-10-7)6-4-13-8(12)11-6/h1-3,6H,4H2,(H,11,12)/t6-/m0/s1. The molecule has 1 aromatic rings. The third-order valence-corrected chi connectivity index (χ3v) is 1.84. The van der Waals surface area contributed by atoms with E-state index in [4.69, 9.17) is 0 Å². The van der Waals surface area contributed by atoms with E-state index in [1.807, 2.05) is 0 Å². The molecule has 0 aromatic carbocycles. The number of carbonyl (C=O) groups is 1. The Morgan fingerprint density at radius 1 is 1.69 bits per heavy atom. The number of carbonyl (C=O) groups excluding carboxylic acids is 1. The van der Waals surface area contributed by atoms with Gasteiger partial charge in [0, 0.05) is 11.8 Å². The Kier molecular flexibility index (Phi) is 1.84. The van der Waals surface area contributed by atoms with Crippen molar-refractivity contribution in [3.05, 3.63) is 29.8 Å². The van der Waals surface area contributed by atoms with E-state index in [0.717, 1.165) is 0 Å². The number of nitrogens with one attached hydrogen (secondary N) is 1. The molecule has 2 heterocycles. The molecule has 13 heavy (non-hydrogen) atoms. The summed E-state index contributed by atoms with van der Waals surface area (Å²) in [7, 11) is 0. The Balaban J connectivity index is 2.26. The summed E-state index contributed by atoms with van der Waals surface area (Å²) in [6, 6.07) is 2.77. The maximum atomic E-state index is 13.1. The zero-order chi connectivity index (χ0) is 9.26. The van der Waals surface area contributed by atoms with Gasteiger partial charge in [0.25, 0.3) is 0 Å². The van der Waals surface area contributed by atoms with Gasteiger partial charge in [0.1, 0.15) is 6.61 Å². The number of rotatable bonds is 1. The number of halogens is 1. The predicted octanol–water partition coefficient (Wildman–Crippen LogP) is 1.00. The second-order valence-electron chi connectivity index (χ2n) is 2.68. The fourth-order valence-electron chi connectivity index (χ4n) is 1.21. The lowest BCUT2D eigenvalue weighted by atomic mass is 10.1. The van der Waals surface area contributed by atoms with E-state index in [0.29, 0.717) is 5.56 Å². The lowest BCUT2D eigenvalue weighted by Crippen LogP contribution is -2.19. The molecular weight excluding hydrogens is 175 g/mol. The van der Waals surface area contributed by atoms with Gasteiger partial charge in [-0.2, -0.15) is 4.39 Å². The van der Waals surface area contributed by atoms with Crippen molar-refractivity contribution in [1.82, 2.24) is 10.3 Å². The average Bonchev–Trinajstić information content (AvgIpc) is 2.53. The smallest absolute Gasteiger partial charge is 0.407 e. The first-order chi connectivity index (χ1) is 6.27. The Bertz CT molecular complexity index is 343. The van der Waals surface area contributed by atoms with Gasteiger partial charge in [-0.25, -0.2) is 9.78 Å². The van der Waals surface area contributed by atoms with Gasteiger partial charge in [-0.3, -0.25) is 0 Å². The monoisotopic (exact) mass is 182 g/mol. The topological polar surface area (TPSA) is 51.2 Å². The SMILES string of the molecule is O=C1N[C@H](c2cccnc2F)CO1. The first-order valence-electron chi connectivity index (χ1n) is 3.81. The van der Waals surface area contributed by atoms with Crippen molar-refractivity contribution in [3.8, 4) is 0 Å². The van der Waals surface area contributed by atoms with Crippen molar-refractivity contribution >= 4 is 6.09 Å². The molecule has 0 unspecified atom stereocenters. The molecular formula is C8H7FN2O2. The molecule has 1 amide bonds. The quantitative estimate of drug-likeness (QED) is 0.659. The molecule has 1 fully saturated rings. The second-order valence-corrected chi connectivity index (χ2v) is 2.68. The van der Waals surface area contributed by atoms with E-state index >= 15 is 0 Å². The second kappa shape index (κ2) is 3.01. The first kappa shape index (κ1) is 7.97. The van der Waals surface area contributed by atoms with Gasteiger partial charge < -0.3 is 10.1 Å². The first-order valence-corrected chi connectivity index (χ1v) is 3.81. The highest BCUT2D eigenvalue weighted by atomic mass is 19.1. The Hall–Kier alpha value is -1.65. The molecule has 0 bridgehead atoms. The summed E-state index contributed by atoms with van der Waals surface area (Å²) in [4.78, 5) is 14.1. The molecule has 0 spiro atoms. The zero-order valence-corrected chi connectivity index (χ0v) is 6.66. The predicted molar refractivity (Wildman–Crippen MR) is 41.4 cm³/mol. The van der Waals surface area contributed by atoms with E-state index in [2.05, 4.69) is 15.0 Å². The Morgan fingerprint density at radius 2 is 2.54 bits per heavy atom. The minimum absolute atomic E-state index is 0.154. The summed E-state index contributed by atoms with van der Waals surface area (Å²) in [5.41, 5.74) is 0.355. The third-order valence-electron chi connectivity index (χ3n) is 1.84. The highest BCUT2D eigenvalue weighted by molar-refractivity contribution is 5.70. The van der Waals surface area contributed by atoms with E-state index in [-0.39, 0.29) is 6.61 Å². The minimum Gasteiger partial charge on any atom is -0.447 e. The summed E-state index contributed by atoms with van der Waals surface area (Å²) in [6.45, 7) is 0.154. The fourth-order valence-corrected chi connectivity index (χ4v) is 1.21. The summed E-state index contributed by atoms with van der Waals surface area (Å²) in [5.74, 6) is -0.571. The molecule has 68 valence electrons. The van der Waals surface area contributed by atoms with Crippen molar-refractivity contribution < 1.29 is 13.9 Å². The third kappa shape index (κ3) is 1.44. The molecule has 1 aliphatic heterocycles. The molecule has 1 atom stereocenters. The number of alkyl carbamates (subject to hydrolysis) is 1. The molecule has 1 saturated heterocycles. The summed E-state index contributed by atoms with van der Waals surface area (Å²) < 4.78 is 17.7. The van der Waals surface area contributed by atoms with Crippen LogP contribution in [-0.2, 0) is 4.74 Å². The van der Waals surface area contributed by atoms with E-state index in [9.17, 15) is 9.18 Å². The molecule has 5 heteroatoms. The van der Waals surface area contributed by atoms with Crippen LogP contribution < -0.4 is 5.32 Å². The van der Waals surface area contributed by atoms with Crippen LogP contribution in [-0.4, -0.2) is 17.7 Å². The highest BCUT2D eigenvalue weighted by Gasteiger charge is 2.26. The van der Waals surface area contributed by atoms with Crippen LogP contribution in [0.4, 0.5) is 9.18 Å². The summed E-state index contributed by atoms with van der Waals surface area (Å²) in [6.07, 6.45) is 0.837. The Labute approximate surface area is 73.7 Å². The van der Waals surface area contributed by atoms with Crippen LogP contribution in [0, 0.1) is 5.95 Å². The van der Waals surface area contributed by atoms with Crippen molar-refractivity contribution in [3.63, 3.8) is 0 Å². The lowest BCUT2D eigenvalue weighted by Gasteiger charge is -2.06. The van der Waals surface area contributed by atoms with Crippen LogP contribution in [0.2, 0.25) is 0 Å². The number of ether oxygens (including phenoxy) is 1. The fraction of sp³-hybridized carbons (Fsp3) is 0.250. The van der Waals surface area contributed by atoms with Crippen LogP contribution >= 0.6 is 0 Å². The molecule has 2 rings (SSSR count). The summed E-state index contributed by atoms with van der Waals surface area (Å²) >= 11 is 0. The van der Waals surface area contributed by atoms with E-state index in [1.165, 1.54) is 6.20 Å². The molecule has 1 aromatic heterocycles. The van der Waals surface area contributed by atoms with E-state index < -0.39 is 18.1 Å². The lowest BCUT2D eigenvalue weighted by molar-refractivity contribution is 0.176. The van der Waals surface area contributed by atoms with Crippen molar-refractivity contribution in [1.29, 1.82) is 0 Å².